The van der Waals surface area contributed by atoms with Crippen molar-refractivity contribution in [2.45, 2.75) is 55.0 Å². The van der Waals surface area contributed by atoms with Crippen LogP contribution >= 0.6 is 43.2 Å². The van der Waals surface area contributed by atoms with Gasteiger partial charge in [0.15, 0.2) is 0 Å². The molecule has 2 rings (SSSR count). The van der Waals surface area contributed by atoms with E-state index in [-0.39, 0.29) is 36.3 Å². The maximum Gasteiger partial charge on any atom is 0.221 e. The van der Waals surface area contributed by atoms with E-state index >= 15 is 0 Å². The lowest BCUT2D eigenvalue weighted by Crippen LogP contribution is -2.37. The van der Waals surface area contributed by atoms with E-state index in [1.807, 2.05) is 41.3 Å². The highest BCUT2D eigenvalue weighted by molar-refractivity contribution is 8.77. The number of amides is 3. The minimum atomic E-state index is -0.149. The van der Waals surface area contributed by atoms with Gasteiger partial charge in [-0.05, 0) is 70.8 Å². The molecular weight excluding hydrogens is 679 g/mol. The van der Waals surface area contributed by atoms with Crippen LogP contribution in [0.25, 0.3) is 10.4 Å². The molecule has 0 aromatic carbocycles. The van der Waals surface area contributed by atoms with Crippen molar-refractivity contribution in [2.24, 2.45) is 5.11 Å². The first-order chi connectivity index (χ1) is 23.0. The molecule has 3 N–H and O–H groups in total. The van der Waals surface area contributed by atoms with E-state index in [4.69, 9.17) is 5.53 Å². The fraction of sp³-hybridized carbons (Fsp3) is 0.533. The molecule has 0 aliphatic carbocycles. The van der Waals surface area contributed by atoms with Crippen molar-refractivity contribution in [3.8, 4) is 0 Å². The van der Waals surface area contributed by atoms with Crippen LogP contribution in [0, 0.1) is 0 Å². The van der Waals surface area contributed by atoms with Gasteiger partial charge in [0.1, 0.15) is 15.8 Å². The van der Waals surface area contributed by atoms with E-state index in [1.165, 1.54) is 10.8 Å². The summed E-state index contributed by atoms with van der Waals surface area (Å²) in [5.74, 6) is 1.20. The lowest BCUT2D eigenvalue weighted by molar-refractivity contribution is -0.123. The van der Waals surface area contributed by atoms with Crippen molar-refractivity contribution in [1.29, 1.82) is 0 Å². The predicted molar refractivity (Wildman–Crippen MR) is 192 cm³/mol. The van der Waals surface area contributed by atoms with E-state index in [2.05, 4.69) is 35.9 Å². The molecule has 0 atom stereocenters. The van der Waals surface area contributed by atoms with Gasteiger partial charge in [-0.3, -0.25) is 19.2 Å². The number of carbonyl (C=O) groups excluding carboxylic acids is 4. The summed E-state index contributed by atoms with van der Waals surface area (Å²) >= 11 is 0. The highest BCUT2D eigenvalue weighted by atomic mass is 33.1. The SMILES string of the molecule is [N-]=[N+]=NCCCN(CCC(=O)NCCCC(=O)CCSSc1ccccn1)CCC(=O)NCCNC(=O)CCSSc1ccccn1. The molecule has 0 bridgehead atoms. The van der Waals surface area contributed by atoms with Crippen LogP contribution in [0.2, 0.25) is 0 Å². The van der Waals surface area contributed by atoms with Crippen LogP contribution in [0.3, 0.4) is 0 Å². The average Bonchev–Trinajstić information content (AvgIpc) is 3.09. The van der Waals surface area contributed by atoms with E-state index in [1.54, 1.807) is 44.8 Å². The number of aromatic nitrogens is 2. The van der Waals surface area contributed by atoms with E-state index in [0.717, 1.165) is 10.1 Å². The third-order valence-electron chi connectivity index (χ3n) is 6.27. The van der Waals surface area contributed by atoms with Crippen LogP contribution in [0.15, 0.2) is 64.0 Å². The van der Waals surface area contributed by atoms with E-state index in [9.17, 15) is 19.2 Å². The third-order valence-corrected chi connectivity index (χ3v) is 10.8. The molecule has 0 aliphatic rings. The Balaban J connectivity index is 1.53. The molecule has 0 unspecified atom stereocenters. The largest absolute Gasteiger partial charge is 0.356 e. The summed E-state index contributed by atoms with van der Waals surface area (Å²) in [4.78, 5) is 62.2. The summed E-state index contributed by atoms with van der Waals surface area (Å²) in [6.45, 7) is 2.90. The van der Waals surface area contributed by atoms with Crippen molar-refractivity contribution < 1.29 is 19.2 Å². The zero-order chi connectivity index (χ0) is 33.8. The van der Waals surface area contributed by atoms with E-state index < -0.39 is 0 Å². The van der Waals surface area contributed by atoms with Crippen molar-refractivity contribution in [1.82, 2.24) is 30.8 Å². The van der Waals surface area contributed by atoms with Crippen LogP contribution in [-0.4, -0.2) is 95.7 Å². The first-order valence-electron chi connectivity index (χ1n) is 15.4. The van der Waals surface area contributed by atoms with Crippen molar-refractivity contribution >= 4 is 66.7 Å². The second-order valence-electron chi connectivity index (χ2n) is 9.99. The Morgan fingerprint density at radius 1 is 0.702 bits per heavy atom. The van der Waals surface area contributed by atoms with Gasteiger partial charge in [0.05, 0.1) is 0 Å². The number of carbonyl (C=O) groups is 4. The minimum absolute atomic E-state index is 0.0739. The summed E-state index contributed by atoms with van der Waals surface area (Å²) in [5.41, 5.74) is 8.53. The van der Waals surface area contributed by atoms with Gasteiger partial charge in [-0.25, -0.2) is 9.97 Å². The van der Waals surface area contributed by atoms with E-state index in [0.29, 0.717) is 89.4 Å². The number of nitrogens with one attached hydrogen (secondary N) is 3. The smallest absolute Gasteiger partial charge is 0.221 e. The Kier molecular flexibility index (Phi) is 23.1. The molecule has 3 amide bonds. The molecule has 0 aliphatic heterocycles. The first-order valence-corrected chi connectivity index (χ1v) is 20.1. The lowest BCUT2D eigenvalue weighted by Gasteiger charge is -2.21. The van der Waals surface area contributed by atoms with Crippen LogP contribution in [0.5, 0.6) is 0 Å². The van der Waals surface area contributed by atoms with Gasteiger partial charge in [0, 0.05) is 100 Å². The van der Waals surface area contributed by atoms with Crippen molar-refractivity contribution in [3.63, 3.8) is 0 Å². The Hall–Kier alpha value is -2.95. The number of azide groups is 1. The first kappa shape index (κ1) is 40.2. The van der Waals surface area contributed by atoms with Gasteiger partial charge in [0.2, 0.25) is 17.7 Å². The summed E-state index contributed by atoms with van der Waals surface area (Å²) in [7, 11) is 6.25. The molecule has 256 valence electrons. The average molecular weight is 722 g/mol. The summed E-state index contributed by atoms with van der Waals surface area (Å²) in [6.07, 6.45) is 6.44. The number of ketones is 1. The fourth-order valence-corrected chi connectivity index (χ4v) is 7.64. The summed E-state index contributed by atoms with van der Waals surface area (Å²) < 4.78 is 0. The zero-order valence-electron chi connectivity index (χ0n) is 26.4. The number of hydrogen-bond donors (Lipinski definition) is 3. The third kappa shape index (κ3) is 22.3. The molecule has 0 fully saturated rings. The summed E-state index contributed by atoms with van der Waals surface area (Å²) in [6, 6.07) is 11.4. The fourth-order valence-electron chi connectivity index (χ4n) is 3.86. The van der Waals surface area contributed by atoms with Gasteiger partial charge in [-0.2, -0.15) is 0 Å². The molecule has 2 aromatic heterocycles. The van der Waals surface area contributed by atoms with Crippen molar-refractivity contribution in [3.05, 3.63) is 59.2 Å². The van der Waals surface area contributed by atoms with Crippen molar-refractivity contribution in [2.75, 3.05) is 57.3 Å². The van der Waals surface area contributed by atoms with Crippen LogP contribution in [-0.2, 0) is 19.2 Å². The van der Waals surface area contributed by atoms with Crippen LogP contribution in [0.1, 0.15) is 44.9 Å². The Labute approximate surface area is 292 Å². The lowest BCUT2D eigenvalue weighted by atomic mass is 10.2. The van der Waals surface area contributed by atoms with Gasteiger partial charge >= 0.3 is 0 Å². The molecule has 0 saturated carbocycles. The van der Waals surface area contributed by atoms with Crippen LogP contribution in [0.4, 0.5) is 0 Å². The maximum absolute atomic E-state index is 12.4. The molecule has 2 aromatic rings. The topological polar surface area (TPSA) is 182 Å². The van der Waals surface area contributed by atoms with Gasteiger partial charge in [-0.1, -0.05) is 38.8 Å². The highest BCUT2D eigenvalue weighted by Gasteiger charge is 2.11. The molecule has 13 nitrogen and oxygen atoms in total. The Bertz CT molecular complexity index is 1160. The maximum atomic E-state index is 12.4. The molecule has 0 spiro atoms. The zero-order valence-corrected chi connectivity index (χ0v) is 29.6. The number of pyridine rings is 2. The normalized spacial score (nSPS) is 10.7. The number of rotatable bonds is 27. The quantitative estimate of drug-likeness (QED) is 0.0375. The molecule has 47 heavy (non-hydrogen) atoms. The number of hydrogen-bond acceptors (Lipinski definition) is 12. The van der Waals surface area contributed by atoms with Crippen LogP contribution < -0.4 is 16.0 Å². The Morgan fingerprint density at radius 2 is 1.26 bits per heavy atom. The van der Waals surface area contributed by atoms with Gasteiger partial charge in [0.25, 0.3) is 0 Å². The summed E-state index contributed by atoms with van der Waals surface area (Å²) in [5, 5.41) is 13.9. The van der Waals surface area contributed by atoms with Gasteiger partial charge < -0.3 is 20.9 Å². The predicted octanol–water partition coefficient (Wildman–Crippen LogP) is 4.92. The molecule has 0 saturated heterocycles. The highest BCUT2D eigenvalue weighted by Crippen LogP contribution is 2.30. The molecule has 0 radical (unpaired) electrons. The molecule has 17 heteroatoms. The second kappa shape index (κ2) is 27.0. The minimum Gasteiger partial charge on any atom is -0.356 e. The molecule has 2 heterocycles. The standard InChI is InChI=1S/C30H43N9O4S4/c31-38-37-17-6-20-39(21-10-26(41)32-16-5-7-25(40)12-23-44-46-29-8-1-3-14-35-29)22-11-27(42)33-18-19-34-28(43)13-24-45-47-30-9-2-4-15-36-30/h1-4,8-9,14-15H,5-7,10-13,16-24H2,(H,32,41)(H,33,42)(H,34,43). The number of nitrogens with zero attached hydrogens (tertiary/aromatic N) is 6. The Morgan fingerprint density at radius 3 is 1.81 bits per heavy atom. The number of Topliss-reactive ketones (excluding diaryl/α,β-unsaturated/α-hetero) is 1. The monoisotopic (exact) mass is 721 g/mol. The molecular formula is C30H43N9O4S4. The van der Waals surface area contributed by atoms with Gasteiger partial charge in [-0.15, -0.1) is 0 Å². The second-order valence-corrected chi connectivity index (χ2v) is 14.9.